The van der Waals surface area contributed by atoms with E-state index in [2.05, 4.69) is 26.1 Å². The first-order valence-electron chi connectivity index (χ1n) is 6.20. The molecule has 3 rings (SSSR count). The maximum absolute atomic E-state index is 6.01. The van der Waals surface area contributed by atoms with Crippen LogP contribution in [0.2, 0.25) is 5.02 Å². The summed E-state index contributed by atoms with van der Waals surface area (Å²) >= 11 is 9.44. The van der Waals surface area contributed by atoms with Crippen molar-refractivity contribution in [1.82, 2.24) is 10.1 Å². The molecule has 1 heterocycles. The Bertz CT molecular complexity index is 816. The fourth-order valence-electron chi connectivity index (χ4n) is 1.99. The van der Waals surface area contributed by atoms with Gasteiger partial charge in [-0.25, -0.2) is 0 Å². The Labute approximate surface area is 135 Å². The number of nitrogen functional groups attached to an aromatic ring is 1. The zero-order chi connectivity index (χ0) is 15.0. The van der Waals surface area contributed by atoms with Crippen LogP contribution in [-0.4, -0.2) is 10.1 Å². The van der Waals surface area contributed by atoms with Crippen molar-refractivity contribution in [3.63, 3.8) is 0 Å². The molecule has 0 saturated carbocycles. The molecule has 2 aromatic carbocycles. The van der Waals surface area contributed by atoms with E-state index in [4.69, 9.17) is 21.9 Å². The third-order valence-corrected chi connectivity index (χ3v) is 3.92. The first-order valence-corrected chi connectivity index (χ1v) is 7.37. The van der Waals surface area contributed by atoms with E-state index in [1.54, 1.807) is 18.2 Å². The van der Waals surface area contributed by atoms with Gasteiger partial charge in [0.1, 0.15) is 0 Å². The van der Waals surface area contributed by atoms with Gasteiger partial charge in [-0.3, -0.25) is 0 Å². The number of nitrogens with two attached hydrogens (primary N) is 1. The first kappa shape index (κ1) is 14.1. The summed E-state index contributed by atoms with van der Waals surface area (Å²) in [6.07, 6.45) is 0. The second-order valence-corrected chi connectivity index (χ2v) is 5.94. The highest BCUT2D eigenvalue weighted by molar-refractivity contribution is 9.10. The number of anilines is 1. The lowest BCUT2D eigenvalue weighted by Crippen LogP contribution is -1.87. The van der Waals surface area contributed by atoms with E-state index in [1.807, 2.05) is 25.1 Å². The van der Waals surface area contributed by atoms with Crippen LogP contribution in [0.1, 0.15) is 5.56 Å². The third kappa shape index (κ3) is 2.80. The van der Waals surface area contributed by atoms with Gasteiger partial charge in [-0.1, -0.05) is 32.7 Å². The van der Waals surface area contributed by atoms with E-state index >= 15 is 0 Å². The molecule has 0 aliphatic carbocycles. The Morgan fingerprint density at radius 2 is 2.00 bits per heavy atom. The molecular formula is C15H11BrClN3O. The zero-order valence-corrected chi connectivity index (χ0v) is 13.4. The molecule has 0 amide bonds. The smallest absolute Gasteiger partial charge is 0.258 e. The minimum Gasteiger partial charge on any atom is -0.398 e. The van der Waals surface area contributed by atoms with Crippen LogP contribution in [0.15, 0.2) is 45.4 Å². The largest absolute Gasteiger partial charge is 0.398 e. The van der Waals surface area contributed by atoms with Crippen LogP contribution in [0.25, 0.3) is 22.8 Å². The standard InChI is InChI=1S/C15H11BrClN3O/c1-8-6-10(16)3-4-11(8)14-19-15(21-20-14)9-2-5-13(18)12(17)7-9/h2-7H,18H2,1H3. The summed E-state index contributed by atoms with van der Waals surface area (Å²) in [7, 11) is 0. The lowest BCUT2D eigenvalue weighted by atomic mass is 10.1. The summed E-state index contributed by atoms with van der Waals surface area (Å²) in [6.45, 7) is 2.00. The molecule has 2 N–H and O–H groups in total. The predicted molar refractivity (Wildman–Crippen MR) is 87.0 cm³/mol. The number of nitrogens with zero attached hydrogens (tertiary/aromatic N) is 2. The van der Waals surface area contributed by atoms with Gasteiger partial charge in [-0.05, 0) is 48.9 Å². The number of hydrogen-bond donors (Lipinski definition) is 1. The second kappa shape index (κ2) is 5.50. The Hall–Kier alpha value is -1.85. The summed E-state index contributed by atoms with van der Waals surface area (Å²) < 4.78 is 6.32. The van der Waals surface area contributed by atoms with Crippen molar-refractivity contribution in [2.24, 2.45) is 0 Å². The molecule has 0 radical (unpaired) electrons. The molecule has 0 spiro atoms. The molecule has 0 aliphatic rings. The van der Waals surface area contributed by atoms with E-state index in [0.717, 1.165) is 21.2 Å². The van der Waals surface area contributed by atoms with E-state index in [-0.39, 0.29) is 0 Å². The molecule has 0 saturated heterocycles. The van der Waals surface area contributed by atoms with E-state index in [9.17, 15) is 0 Å². The van der Waals surface area contributed by atoms with Crippen molar-refractivity contribution < 1.29 is 4.52 Å². The molecule has 6 heteroatoms. The number of benzene rings is 2. The molecule has 106 valence electrons. The Morgan fingerprint density at radius 3 is 2.71 bits per heavy atom. The quantitative estimate of drug-likeness (QED) is 0.669. The Kier molecular flexibility index (Phi) is 3.69. The summed E-state index contributed by atoms with van der Waals surface area (Å²) in [4.78, 5) is 4.42. The van der Waals surface area contributed by atoms with Crippen LogP contribution in [0.5, 0.6) is 0 Å². The van der Waals surface area contributed by atoms with Crippen molar-refractivity contribution in [2.75, 3.05) is 5.73 Å². The van der Waals surface area contributed by atoms with Crippen molar-refractivity contribution in [3.05, 3.63) is 51.5 Å². The molecule has 0 fully saturated rings. The molecule has 4 nitrogen and oxygen atoms in total. The van der Waals surface area contributed by atoms with Gasteiger partial charge >= 0.3 is 0 Å². The lowest BCUT2D eigenvalue weighted by Gasteiger charge is -2.01. The lowest BCUT2D eigenvalue weighted by molar-refractivity contribution is 0.432. The second-order valence-electron chi connectivity index (χ2n) is 4.62. The van der Waals surface area contributed by atoms with Gasteiger partial charge in [0.05, 0.1) is 10.7 Å². The maximum Gasteiger partial charge on any atom is 0.258 e. The van der Waals surface area contributed by atoms with Gasteiger partial charge in [0.15, 0.2) is 0 Å². The average molecular weight is 365 g/mol. The van der Waals surface area contributed by atoms with E-state index in [0.29, 0.717) is 22.4 Å². The minimum absolute atomic E-state index is 0.411. The Balaban J connectivity index is 2.01. The van der Waals surface area contributed by atoms with Crippen LogP contribution < -0.4 is 5.73 Å². The van der Waals surface area contributed by atoms with Gasteiger partial charge < -0.3 is 10.3 Å². The van der Waals surface area contributed by atoms with Crippen LogP contribution >= 0.6 is 27.5 Å². The van der Waals surface area contributed by atoms with Crippen LogP contribution in [0.3, 0.4) is 0 Å². The topological polar surface area (TPSA) is 64.9 Å². The predicted octanol–water partition coefficient (Wildman–Crippen LogP) is 4.71. The van der Waals surface area contributed by atoms with Gasteiger partial charge in [-0.2, -0.15) is 4.98 Å². The molecule has 1 aromatic heterocycles. The maximum atomic E-state index is 6.01. The Morgan fingerprint density at radius 1 is 1.19 bits per heavy atom. The summed E-state index contributed by atoms with van der Waals surface area (Å²) in [6, 6.07) is 11.1. The van der Waals surface area contributed by atoms with Gasteiger partial charge in [0.2, 0.25) is 5.82 Å². The molecular weight excluding hydrogens is 354 g/mol. The monoisotopic (exact) mass is 363 g/mol. The molecule has 3 aromatic rings. The average Bonchev–Trinajstić information content (AvgIpc) is 2.91. The van der Waals surface area contributed by atoms with Crippen molar-refractivity contribution >= 4 is 33.2 Å². The molecule has 0 bridgehead atoms. The van der Waals surface area contributed by atoms with E-state index < -0.39 is 0 Å². The molecule has 0 unspecified atom stereocenters. The van der Waals surface area contributed by atoms with Crippen LogP contribution in [-0.2, 0) is 0 Å². The number of rotatable bonds is 2. The van der Waals surface area contributed by atoms with Crippen molar-refractivity contribution in [2.45, 2.75) is 6.92 Å². The zero-order valence-electron chi connectivity index (χ0n) is 11.1. The van der Waals surface area contributed by atoms with E-state index in [1.165, 1.54) is 0 Å². The summed E-state index contributed by atoms with van der Waals surface area (Å²) in [5.74, 6) is 0.956. The fraction of sp³-hybridized carbons (Fsp3) is 0.0667. The number of hydrogen-bond acceptors (Lipinski definition) is 4. The molecule has 21 heavy (non-hydrogen) atoms. The summed E-state index contributed by atoms with van der Waals surface area (Å²) in [5, 5.41) is 4.49. The SMILES string of the molecule is Cc1cc(Br)ccc1-c1noc(-c2ccc(N)c(Cl)c2)n1. The number of aryl methyl sites for hydroxylation is 1. The molecule has 0 atom stereocenters. The third-order valence-electron chi connectivity index (χ3n) is 3.10. The van der Waals surface area contributed by atoms with Crippen LogP contribution in [0, 0.1) is 6.92 Å². The minimum atomic E-state index is 0.411. The van der Waals surface area contributed by atoms with Gasteiger partial charge in [-0.15, -0.1) is 0 Å². The van der Waals surface area contributed by atoms with Crippen LogP contribution in [0.4, 0.5) is 5.69 Å². The van der Waals surface area contributed by atoms with Gasteiger partial charge in [0, 0.05) is 15.6 Å². The number of halogens is 2. The van der Waals surface area contributed by atoms with Gasteiger partial charge in [0.25, 0.3) is 5.89 Å². The molecule has 0 aliphatic heterocycles. The summed E-state index contributed by atoms with van der Waals surface area (Å²) in [5.41, 5.74) is 8.94. The normalized spacial score (nSPS) is 10.8. The first-order chi connectivity index (χ1) is 10.0. The van der Waals surface area contributed by atoms with Crippen molar-refractivity contribution in [1.29, 1.82) is 0 Å². The highest BCUT2D eigenvalue weighted by Crippen LogP contribution is 2.29. The number of aromatic nitrogens is 2. The fourth-order valence-corrected chi connectivity index (χ4v) is 2.64. The highest BCUT2D eigenvalue weighted by Gasteiger charge is 2.13. The highest BCUT2D eigenvalue weighted by atomic mass is 79.9. The van der Waals surface area contributed by atoms with Crippen molar-refractivity contribution in [3.8, 4) is 22.8 Å².